The number of anilines is 1. The van der Waals surface area contributed by atoms with E-state index in [1.807, 2.05) is 0 Å². The highest BCUT2D eigenvalue weighted by atomic mass is 79.9. The lowest BCUT2D eigenvalue weighted by Gasteiger charge is -2.23. The van der Waals surface area contributed by atoms with Gasteiger partial charge < -0.3 is 4.90 Å². The summed E-state index contributed by atoms with van der Waals surface area (Å²) in [5, 5.41) is 3.00. The fraction of sp³-hybridized carbons (Fsp3) is 0.643. The SMILES string of the molecule is BrCc1c(N(CC2CC2)CC2CC2)nc2sccn12. The molecule has 5 heteroatoms. The monoisotopic (exact) mass is 339 g/mol. The predicted molar refractivity (Wildman–Crippen MR) is 83.4 cm³/mol. The van der Waals surface area contributed by atoms with E-state index in [1.165, 1.54) is 50.3 Å². The molecule has 2 aliphatic carbocycles. The fourth-order valence-corrected chi connectivity index (χ4v) is 3.92. The molecule has 3 nitrogen and oxygen atoms in total. The molecule has 0 amide bonds. The highest BCUT2D eigenvalue weighted by Gasteiger charge is 2.31. The van der Waals surface area contributed by atoms with Gasteiger partial charge in [0.2, 0.25) is 0 Å². The minimum Gasteiger partial charge on any atom is -0.354 e. The second-order valence-electron chi connectivity index (χ2n) is 5.86. The molecule has 0 unspecified atom stereocenters. The van der Waals surface area contributed by atoms with Crippen LogP contribution in [0.2, 0.25) is 0 Å². The van der Waals surface area contributed by atoms with Crippen molar-refractivity contribution in [1.82, 2.24) is 9.38 Å². The molecule has 0 spiro atoms. The standard InChI is InChI=1S/C14H18BrN3S/c15-7-12-13(16-14-18(12)5-6-19-14)17(8-10-1-2-10)9-11-3-4-11/h5-6,10-11H,1-4,7-9H2. The van der Waals surface area contributed by atoms with E-state index in [0.717, 1.165) is 22.1 Å². The topological polar surface area (TPSA) is 20.5 Å². The van der Waals surface area contributed by atoms with Gasteiger partial charge >= 0.3 is 0 Å². The number of halogens is 1. The Morgan fingerprint density at radius 3 is 2.53 bits per heavy atom. The Labute approximate surface area is 125 Å². The van der Waals surface area contributed by atoms with Gasteiger partial charge in [0.05, 0.1) is 5.69 Å². The molecule has 4 rings (SSSR count). The molecule has 102 valence electrons. The third-order valence-corrected chi connectivity index (χ3v) is 5.40. The molecule has 19 heavy (non-hydrogen) atoms. The minimum atomic E-state index is 0.881. The van der Waals surface area contributed by atoms with E-state index in [-0.39, 0.29) is 0 Å². The molecule has 0 radical (unpaired) electrons. The molecule has 0 aromatic carbocycles. The van der Waals surface area contributed by atoms with Crippen molar-refractivity contribution < 1.29 is 0 Å². The number of rotatable bonds is 6. The molecule has 2 aromatic rings. The summed E-state index contributed by atoms with van der Waals surface area (Å²) >= 11 is 5.37. The first-order chi connectivity index (χ1) is 9.35. The van der Waals surface area contributed by atoms with Gasteiger partial charge in [0, 0.05) is 30.0 Å². The summed E-state index contributed by atoms with van der Waals surface area (Å²) in [4.78, 5) is 8.57. The van der Waals surface area contributed by atoms with Crippen LogP contribution in [-0.4, -0.2) is 22.5 Å². The number of nitrogens with zero attached hydrogens (tertiary/aromatic N) is 3. The van der Waals surface area contributed by atoms with Crippen molar-refractivity contribution >= 4 is 38.0 Å². The summed E-state index contributed by atoms with van der Waals surface area (Å²) in [5.74, 6) is 3.06. The third kappa shape index (κ3) is 2.42. The molecule has 2 saturated carbocycles. The summed E-state index contributed by atoms with van der Waals surface area (Å²) < 4.78 is 2.24. The average molecular weight is 340 g/mol. The number of hydrogen-bond acceptors (Lipinski definition) is 3. The van der Waals surface area contributed by atoms with Crippen molar-refractivity contribution in [2.75, 3.05) is 18.0 Å². The van der Waals surface area contributed by atoms with Gasteiger partial charge in [0.15, 0.2) is 10.8 Å². The first-order valence-electron chi connectivity index (χ1n) is 7.10. The molecular weight excluding hydrogens is 322 g/mol. The van der Waals surface area contributed by atoms with Crippen LogP contribution in [0, 0.1) is 11.8 Å². The predicted octanol–water partition coefficient (Wildman–Crippen LogP) is 3.92. The molecule has 0 atom stereocenters. The van der Waals surface area contributed by atoms with Crippen LogP contribution in [0.4, 0.5) is 5.82 Å². The zero-order valence-corrected chi connectivity index (χ0v) is 13.3. The van der Waals surface area contributed by atoms with Crippen LogP contribution >= 0.6 is 27.3 Å². The van der Waals surface area contributed by atoms with Crippen LogP contribution in [-0.2, 0) is 5.33 Å². The normalized spacial score (nSPS) is 19.2. The summed E-state index contributed by atoms with van der Waals surface area (Å²) in [6, 6.07) is 0. The second-order valence-corrected chi connectivity index (χ2v) is 7.30. The largest absolute Gasteiger partial charge is 0.354 e. The maximum atomic E-state index is 4.88. The highest BCUT2D eigenvalue weighted by molar-refractivity contribution is 9.08. The minimum absolute atomic E-state index is 0.881. The van der Waals surface area contributed by atoms with Crippen LogP contribution in [0.1, 0.15) is 31.4 Å². The zero-order chi connectivity index (χ0) is 12.8. The van der Waals surface area contributed by atoms with E-state index in [0.29, 0.717) is 0 Å². The maximum Gasteiger partial charge on any atom is 0.195 e. The van der Waals surface area contributed by atoms with Crippen molar-refractivity contribution in [3.05, 3.63) is 17.3 Å². The molecule has 0 bridgehead atoms. The van der Waals surface area contributed by atoms with Crippen LogP contribution < -0.4 is 4.90 Å². The number of thiazole rings is 1. The molecule has 2 fully saturated rings. The van der Waals surface area contributed by atoms with Gasteiger partial charge in [0.25, 0.3) is 0 Å². The van der Waals surface area contributed by atoms with E-state index < -0.39 is 0 Å². The molecular formula is C14H18BrN3S. The zero-order valence-electron chi connectivity index (χ0n) is 10.9. The number of imidazole rings is 1. The van der Waals surface area contributed by atoms with Gasteiger partial charge in [-0.25, -0.2) is 4.98 Å². The summed E-state index contributed by atoms with van der Waals surface area (Å²) in [6.45, 7) is 2.42. The van der Waals surface area contributed by atoms with Gasteiger partial charge in [-0.05, 0) is 37.5 Å². The summed E-state index contributed by atoms with van der Waals surface area (Å²) in [7, 11) is 0. The van der Waals surface area contributed by atoms with Gasteiger partial charge in [-0.3, -0.25) is 4.40 Å². The Hall–Kier alpha value is -0.550. The lowest BCUT2D eigenvalue weighted by atomic mass is 10.3. The number of fused-ring (bicyclic) bond motifs is 1. The van der Waals surface area contributed by atoms with E-state index in [4.69, 9.17) is 4.98 Å². The van der Waals surface area contributed by atoms with Crippen molar-refractivity contribution in [3.63, 3.8) is 0 Å². The Morgan fingerprint density at radius 1 is 1.26 bits per heavy atom. The van der Waals surface area contributed by atoms with Crippen LogP contribution in [0.15, 0.2) is 11.6 Å². The molecule has 0 aliphatic heterocycles. The Bertz CT molecular complexity index is 569. The average Bonchev–Trinajstić information content (AvgIpc) is 3.30. The second kappa shape index (κ2) is 4.77. The quantitative estimate of drug-likeness (QED) is 0.743. The number of aromatic nitrogens is 2. The molecule has 2 aliphatic rings. The first kappa shape index (κ1) is 12.2. The lowest BCUT2D eigenvalue weighted by molar-refractivity contribution is 0.671. The Morgan fingerprint density at radius 2 is 1.95 bits per heavy atom. The van der Waals surface area contributed by atoms with Gasteiger partial charge in [-0.1, -0.05) is 15.9 Å². The van der Waals surface area contributed by atoms with Crippen LogP contribution in [0.3, 0.4) is 0 Å². The molecule has 2 aromatic heterocycles. The van der Waals surface area contributed by atoms with E-state index >= 15 is 0 Å². The smallest absolute Gasteiger partial charge is 0.195 e. The number of hydrogen-bond donors (Lipinski definition) is 0. The Balaban J connectivity index is 1.68. The van der Waals surface area contributed by atoms with E-state index in [2.05, 4.69) is 36.8 Å². The highest BCUT2D eigenvalue weighted by Crippen LogP contribution is 2.37. The summed E-state index contributed by atoms with van der Waals surface area (Å²) in [6.07, 6.45) is 7.78. The van der Waals surface area contributed by atoms with Crippen LogP contribution in [0.25, 0.3) is 4.96 Å². The lowest BCUT2D eigenvalue weighted by Crippen LogP contribution is -2.29. The van der Waals surface area contributed by atoms with Gasteiger partial charge in [0.1, 0.15) is 0 Å². The van der Waals surface area contributed by atoms with Crippen molar-refractivity contribution in [2.45, 2.75) is 31.0 Å². The molecule has 0 saturated heterocycles. The third-order valence-electron chi connectivity index (χ3n) is 4.12. The fourth-order valence-electron chi connectivity index (χ4n) is 2.67. The van der Waals surface area contributed by atoms with Crippen molar-refractivity contribution in [1.29, 1.82) is 0 Å². The van der Waals surface area contributed by atoms with Crippen molar-refractivity contribution in [3.8, 4) is 0 Å². The first-order valence-corrected chi connectivity index (χ1v) is 9.10. The number of alkyl halides is 1. The maximum absolute atomic E-state index is 4.88. The van der Waals surface area contributed by atoms with E-state index in [9.17, 15) is 0 Å². The van der Waals surface area contributed by atoms with Crippen LogP contribution in [0.5, 0.6) is 0 Å². The van der Waals surface area contributed by atoms with E-state index in [1.54, 1.807) is 11.3 Å². The van der Waals surface area contributed by atoms with Gasteiger partial charge in [-0.15, -0.1) is 11.3 Å². The Kier molecular flexibility index (Phi) is 3.07. The van der Waals surface area contributed by atoms with Crippen molar-refractivity contribution in [2.24, 2.45) is 11.8 Å². The summed E-state index contributed by atoms with van der Waals surface area (Å²) in [5.41, 5.74) is 1.32. The molecule has 2 heterocycles. The van der Waals surface area contributed by atoms with Gasteiger partial charge in [-0.2, -0.15) is 0 Å². The molecule has 0 N–H and O–H groups in total.